The maximum absolute atomic E-state index is 13.8. The second-order valence-electron chi connectivity index (χ2n) is 5.75. The molecule has 0 atom stereocenters. The number of pyridine rings is 1. The van der Waals surface area contributed by atoms with Crippen LogP contribution in [0.5, 0.6) is 0 Å². The van der Waals surface area contributed by atoms with Gasteiger partial charge in [0.15, 0.2) is 11.6 Å². The highest BCUT2D eigenvalue weighted by atomic mass is 19.1. The molecule has 2 amide bonds. The summed E-state index contributed by atoms with van der Waals surface area (Å²) in [4.78, 5) is 19.9. The summed E-state index contributed by atoms with van der Waals surface area (Å²) in [6, 6.07) is 13.0. The van der Waals surface area contributed by atoms with Crippen molar-refractivity contribution in [2.75, 3.05) is 37.6 Å². The van der Waals surface area contributed by atoms with Crippen molar-refractivity contribution in [2.24, 2.45) is 0 Å². The minimum Gasteiger partial charge on any atom is -0.351 e. The first-order valence-corrected chi connectivity index (χ1v) is 8.16. The summed E-state index contributed by atoms with van der Waals surface area (Å²) < 4.78 is 13.8. The topological polar surface area (TPSA) is 48.5 Å². The molecule has 6 heteroatoms. The van der Waals surface area contributed by atoms with Crippen LogP contribution in [-0.2, 0) is 6.42 Å². The number of anilines is 1. The Balaban J connectivity index is 1.44. The molecule has 1 N–H and O–H groups in total. The third-order valence-electron chi connectivity index (χ3n) is 4.14. The molecular weight excluding hydrogens is 307 g/mol. The first kappa shape index (κ1) is 16.2. The first-order chi connectivity index (χ1) is 11.7. The Morgan fingerprint density at radius 1 is 1.08 bits per heavy atom. The number of nitrogens with one attached hydrogen (secondary N) is 1. The standard InChI is InChI=1S/C18H21FN4O/c19-16-7-4-9-20-17(16)22-11-13-23(14-12-22)18(24)21-10-8-15-5-2-1-3-6-15/h1-7,9H,8,10-14H2,(H,21,24). The van der Waals surface area contributed by atoms with Gasteiger partial charge in [-0.05, 0) is 24.1 Å². The number of rotatable bonds is 4. The molecule has 2 heterocycles. The van der Waals surface area contributed by atoms with Gasteiger partial charge in [-0.25, -0.2) is 14.2 Å². The van der Waals surface area contributed by atoms with Crippen molar-refractivity contribution in [2.45, 2.75) is 6.42 Å². The molecule has 0 saturated carbocycles. The zero-order valence-corrected chi connectivity index (χ0v) is 13.5. The zero-order chi connectivity index (χ0) is 16.8. The second kappa shape index (κ2) is 7.77. The van der Waals surface area contributed by atoms with E-state index in [2.05, 4.69) is 10.3 Å². The van der Waals surface area contributed by atoms with E-state index in [4.69, 9.17) is 0 Å². The van der Waals surface area contributed by atoms with E-state index in [0.717, 1.165) is 6.42 Å². The highest BCUT2D eigenvalue weighted by molar-refractivity contribution is 5.74. The highest BCUT2D eigenvalue weighted by Gasteiger charge is 2.23. The van der Waals surface area contributed by atoms with Crippen LogP contribution in [0, 0.1) is 5.82 Å². The minimum absolute atomic E-state index is 0.0629. The molecule has 1 aliphatic rings. The molecule has 3 rings (SSSR count). The number of aromatic nitrogens is 1. The maximum Gasteiger partial charge on any atom is 0.317 e. The molecule has 1 saturated heterocycles. The molecule has 0 bridgehead atoms. The lowest BCUT2D eigenvalue weighted by Crippen LogP contribution is -2.52. The number of carbonyl (C=O) groups excluding carboxylic acids is 1. The van der Waals surface area contributed by atoms with E-state index in [1.807, 2.05) is 35.2 Å². The Morgan fingerprint density at radius 3 is 2.54 bits per heavy atom. The van der Waals surface area contributed by atoms with E-state index in [1.165, 1.54) is 11.6 Å². The van der Waals surface area contributed by atoms with Crippen LogP contribution < -0.4 is 10.2 Å². The Labute approximate surface area is 141 Å². The van der Waals surface area contributed by atoms with Gasteiger partial charge in [0, 0.05) is 38.9 Å². The zero-order valence-electron chi connectivity index (χ0n) is 13.5. The Bertz CT molecular complexity index is 672. The molecule has 1 fully saturated rings. The fourth-order valence-electron chi connectivity index (χ4n) is 2.80. The third-order valence-corrected chi connectivity index (χ3v) is 4.14. The van der Waals surface area contributed by atoms with E-state index in [0.29, 0.717) is 38.5 Å². The molecule has 1 aromatic heterocycles. The summed E-state index contributed by atoms with van der Waals surface area (Å²) in [6.45, 7) is 2.90. The van der Waals surface area contributed by atoms with Gasteiger partial charge in [0.05, 0.1) is 0 Å². The number of urea groups is 1. The van der Waals surface area contributed by atoms with Gasteiger partial charge in [0.1, 0.15) is 0 Å². The fraction of sp³-hybridized carbons (Fsp3) is 0.333. The molecule has 126 valence electrons. The van der Waals surface area contributed by atoms with Crippen LogP contribution >= 0.6 is 0 Å². The maximum atomic E-state index is 13.8. The fourth-order valence-corrected chi connectivity index (χ4v) is 2.80. The lowest BCUT2D eigenvalue weighted by molar-refractivity contribution is 0.194. The van der Waals surface area contributed by atoms with Crippen LogP contribution in [0.2, 0.25) is 0 Å². The monoisotopic (exact) mass is 328 g/mol. The largest absolute Gasteiger partial charge is 0.351 e. The summed E-state index contributed by atoms with van der Waals surface area (Å²) in [6.07, 6.45) is 2.40. The van der Waals surface area contributed by atoms with Crippen LogP contribution in [0.4, 0.5) is 15.0 Å². The predicted molar refractivity (Wildman–Crippen MR) is 91.5 cm³/mol. The molecule has 0 unspecified atom stereocenters. The summed E-state index contributed by atoms with van der Waals surface area (Å²) in [5, 5.41) is 2.95. The van der Waals surface area contributed by atoms with Gasteiger partial charge in [-0.3, -0.25) is 0 Å². The number of halogens is 1. The molecule has 0 aliphatic carbocycles. The third kappa shape index (κ3) is 4.01. The smallest absolute Gasteiger partial charge is 0.317 e. The van der Waals surface area contributed by atoms with Gasteiger partial charge < -0.3 is 15.1 Å². The lowest BCUT2D eigenvalue weighted by atomic mass is 10.1. The van der Waals surface area contributed by atoms with Crippen LogP contribution in [0.3, 0.4) is 0 Å². The van der Waals surface area contributed by atoms with Crippen molar-refractivity contribution >= 4 is 11.8 Å². The predicted octanol–water partition coefficient (Wildman–Crippen LogP) is 2.30. The van der Waals surface area contributed by atoms with Gasteiger partial charge in [-0.2, -0.15) is 0 Å². The SMILES string of the molecule is O=C(NCCc1ccccc1)N1CCN(c2ncccc2F)CC1. The van der Waals surface area contributed by atoms with E-state index < -0.39 is 0 Å². The van der Waals surface area contributed by atoms with Gasteiger partial charge in [-0.15, -0.1) is 0 Å². The van der Waals surface area contributed by atoms with Gasteiger partial charge in [0.2, 0.25) is 0 Å². The number of hydrogen-bond acceptors (Lipinski definition) is 3. The number of amides is 2. The van der Waals surface area contributed by atoms with Crippen LogP contribution in [0.25, 0.3) is 0 Å². The van der Waals surface area contributed by atoms with Gasteiger partial charge in [-0.1, -0.05) is 30.3 Å². The second-order valence-corrected chi connectivity index (χ2v) is 5.75. The molecule has 5 nitrogen and oxygen atoms in total. The molecule has 2 aromatic rings. The van der Waals surface area contributed by atoms with Crippen molar-refractivity contribution in [1.29, 1.82) is 0 Å². The average Bonchev–Trinajstić information content (AvgIpc) is 2.63. The summed E-state index contributed by atoms with van der Waals surface area (Å²) >= 11 is 0. The number of benzene rings is 1. The highest BCUT2D eigenvalue weighted by Crippen LogP contribution is 2.17. The average molecular weight is 328 g/mol. The molecule has 0 radical (unpaired) electrons. The van der Waals surface area contributed by atoms with Crippen molar-refractivity contribution in [3.63, 3.8) is 0 Å². The van der Waals surface area contributed by atoms with Gasteiger partial charge >= 0.3 is 6.03 Å². The van der Waals surface area contributed by atoms with Crippen LogP contribution in [0.1, 0.15) is 5.56 Å². The van der Waals surface area contributed by atoms with Crippen molar-refractivity contribution in [1.82, 2.24) is 15.2 Å². The quantitative estimate of drug-likeness (QED) is 0.937. The van der Waals surface area contributed by atoms with Crippen LogP contribution in [-0.4, -0.2) is 48.6 Å². The van der Waals surface area contributed by atoms with E-state index in [-0.39, 0.29) is 11.8 Å². The summed E-state index contributed by atoms with van der Waals surface area (Å²) in [5.74, 6) is 0.0416. The van der Waals surface area contributed by atoms with Gasteiger partial charge in [0.25, 0.3) is 0 Å². The van der Waals surface area contributed by atoms with Crippen molar-refractivity contribution in [3.8, 4) is 0 Å². The molecule has 1 aromatic carbocycles. The lowest BCUT2D eigenvalue weighted by Gasteiger charge is -2.35. The van der Waals surface area contributed by atoms with Crippen molar-refractivity contribution in [3.05, 3.63) is 60.0 Å². The first-order valence-electron chi connectivity index (χ1n) is 8.16. The molecule has 0 spiro atoms. The number of carbonyl (C=O) groups is 1. The van der Waals surface area contributed by atoms with E-state index in [9.17, 15) is 9.18 Å². The normalized spacial score (nSPS) is 14.5. The molecule has 1 aliphatic heterocycles. The van der Waals surface area contributed by atoms with E-state index >= 15 is 0 Å². The Hall–Kier alpha value is -2.63. The molecular formula is C18H21FN4O. The Morgan fingerprint density at radius 2 is 1.83 bits per heavy atom. The number of hydrogen-bond donors (Lipinski definition) is 1. The van der Waals surface area contributed by atoms with Crippen molar-refractivity contribution < 1.29 is 9.18 Å². The minimum atomic E-state index is -0.321. The summed E-state index contributed by atoms with van der Waals surface area (Å²) in [7, 11) is 0. The number of piperazine rings is 1. The van der Waals surface area contributed by atoms with Crippen LogP contribution in [0.15, 0.2) is 48.7 Å². The summed E-state index contributed by atoms with van der Waals surface area (Å²) in [5.41, 5.74) is 1.20. The molecule has 24 heavy (non-hydrogen) atoms. The Kier molecular flexibility index (Phi) is 5.25. The number of nitrogens with zero attached hydrogens (tertiary/aromatic N) is 3. The van der Waals surface area contributed by atoms with E-state index in [1.54, 1.807) is 17.2 Å².